The van der Waals surface area contributed by atoms with E-state index < -0.39 is 5.97 Å². The Morgan fingerprint density at radius 2 is 2.07 bits per heavy atom. The lowest BCUT2D eigenvalue weighted by Crippen LogP contribution is -2.48. The van der Waals surface area contributed by atoms with Gasteiger partial charge in [0.05, 0.1) is 24.0 Å². The maximum atomic E-state index is 12.8. The van der Waals surface area contributed by atoms with Gasteiger partial charge in [-0.05, 0) is 37.6 Å². The van der Waals surface area contributed by atoms with Gasteiger partial charge in [-0.25, -0.2) is 4.68 Å². The Morgan fingerprint density at radius 1 is 1.33 bits per heavy atom. The first-order chi connectivity index (χ1) is 13.0. The first-order valence-electron chi connectivity index (χ1n) is 9.03. The van der Waals surface area contributed by atoms with Crippen molar-refractivity contribution in [1.82, 2.24) is 19.6 Å². The summed E-state index contributed by atoms with van der Waals surface area (Å²) in [4.78, 5) is 27.5. The van der Waals surface area contributed by atoms with E-state index in [1.54, 1.807) is 29.2 Å². The largest absolute Gasteiger partial charge is 0.480 e. The number of nitrogens with zero attached hydrogens (tertiary/aromatic N) is 4. The SMILES string of the molecule is CCN(CC(=O)O)C1CCN(C(=O)c2cnn(-c3cccc(Cl)c3)c2)CC1. The van der Waals surface area contributed by atoms with Crippen LogP contribution in [-0.4, -0.2) is 68.8 Å². The fourth-order valence-corrected chi connectivity index (χ4v) is 3.67. The van der Waals surface area contributed by atoms with Gasteiger partial charge < -0.3 is 10.0 Å². The third-order valence-corrected chi connectivity index (χ3v) is 5.15. The van der Waals surface area contributed by atoms with Crippen LogP contribution < -0.4 is 0 Å². The second-order valence-electron chi connectivity index (χ2n) is 6.63. The van der Waals surface area contributed by atoms with E-state index in [2.05, 4.69) is 5.10 Å². The molecule has 1 N–H and O–H groups in total. The van der Waals surface area contributed by atoms with Gasteiger partial charge >= 0.3 is 5.97 Å². The van der Waals surface area contributed by atoms with Gasteiger partial charge in [-0.3, -0.25) is 14.5 Å². The van der Waals surface area contributed by atoms with Crippen LogP contribution in [-0.2, 0) is 4.79 Å². The van der Waals surface area contributed by atoms with Gasteiger partial charge in [-0.1, -0.05) is 24.6 Å². The molecule has 1 saturated heterocycles. The molecule has 1 aliphatic heterocycles. The van der Waals surface area contributed by atoms with Crippen molar-refractivity contribution in [2.45, 2.75) is 25.8 Å². The minimum Gasteiger partial charge on any atom is -0.480 e. The molecule has 144 valence electrons. The highest BCUT2D eigenvalue weighted by Crippen LogP contribution is 2.19. The molecule has 0 bridgehead atoms. The van der Waals surface area contributed by atoms with E-state index in [-0.39, 0.29) is 18.5 Å². The lowest BCUT2D eigenvalue weighted by molar-refractivity contribution is -0.139. The van der Waals surface area contributed by atoms with Crippen molar-refractivity contribution in [2.75, 3.05) is 26.2 Å². The molecule has 2 heterocycles. The number of aromatic nitrogens is 2. The number of carbonyl (C=O) groups excluding carboxylic acids is 1. The summed E-state index contributed by atoms with van der Waals surface area (Å²) in [5, 5.41) is 13.9. The zero-order chi connectivity index (χ0) is 19.4. The Morgan fingerprint density at radius 3 is 2.70 bits per heavy atom. The molecule has 0 spiro atoms. The molecule has 8 heteroatoms. The van der Waals surface area contributed by atoms with Crippen LogP contribution in [0, 0.1) is 0 Å². The van der Waals surface area contributed by atoms with Crippen LogP contribution in [0.5, 0.6) is 0 Å². The van der Waals surface area contributed by atoms with Crippen LogP contribution in [0.2, 0.25) is 5.02 Å². The minimum absolute atomic E-state index is 0.0432. The topological polar surface area (TPSA) is 78.7 Å². The number of hydrogen-bond donors (Lipinski definition) is 1. The minimum atomic E-state index is -0.816. The molecule has 7 nitrogen and oxygen atoms in total. The number of amides is 1. The van der Waals surface area contributed by atoms with Gasteiger partial charge in [0.1, 0.15) is 0 Å². The van der Waals surface area contributed by atoms with E-state index in [0.29, 0.717) is 30.2 Å². The quantitative estimate of drug-likeness (QED) is 0.820. The summed E-state index contributed by atoms with van der Waals surface area (Å²) in [6.07, 6.45) is 4.82. The molecular weight excluding hydrogens is 368 g/mol. The third kappa shape index (κ3) is 4.67. The van der Waals surface area contributed by atoms with Crippen molar-refractivity contribution in [3.05, 3.63) is 47.2 Å². The molecular formula is C19H23ClN4O3. The van der Waals surface area contributed by atoms with Gasteiger partial charge in [0, 0.05) is 30.4 Å². The van der Waals surface area contributed by atoms with E-state index in [1.807, 2.05) is 28.9 Å². The predicted octanol–water partition coefficient (Wildman–Crippen LogP) is 2.54. The fraction of sp³-hybridized carbons (Fsp3) is 0.421. The lowest BCUT2D eigenvalue weighted by atomic mass is 10.0. The Kier molecular flexibility index (Phi) is 6.13. The molecule has 27 heavy (non-hydrogen) atoms. The van der Waals surface area contributed by atoms with Crippen LogP contribution >= 0.6 is 11.6 Å². The third-order valence-electron chi connectivity index (χ3n) is 4.91. The van der Waals surface area contributed by atoms with Gasteiger partial charge in [0.2, 0.25) is 0 Å². The number of likely N-dealkylation sites (N-methyl/N-ethyl adjacent to an activating group) is 1. The molecule has 0 atom stereocenters. The molecule has 1 fully saturated rings. The number of carbonyl (C=O) groups is 2. The monoisotopic (exact) mass is 390 g/mol. The zero-order valence-corrected chi connectivity index (χ0v) is 16.0. The number of piperidine rings is 1. The van der Waals surface area contributed by atoms with Gasteiger partial charge in [0.25, 0.3) is 5.91 Å². The average Bonchev–Trinajstić information content (AvgIpc) is 3.16. The molecule has 0 radical (unpaired) electrons. The van der Waals surface area contributed by atoms with Crippen molar-refractivity contribution < 1.29 is 14.7 Å². The predicted molar refractivity (Wildman–Crippen MR) is 102 cm³/mol. The Bertz CT molecular complexity index is 815. The number of carboxylic acids is 1. The van der Waals surface area contributed by atoms with Crippen molar-refractivity contribution in [3.63, 3.8) is 0 Å². The molecule has 0 aliphatic carbocycles. The molecule has 3 rings (SSSR count). The van der Waals surface area contributed by atoms with Crippen LogP contribution in [0.15, 0.2) is 36.7 Å². The van der Waals surface area contributed by atoms with E-state index in [9.17, 15) is 9.59 Å². The Hall–Kier alpha value is -2.38. The van der Waals surface area contributed by atoms with E-state index in [4.69, 9.17) is 16.7 Å². The van der Waals surface area contributed by atoms with Crippen molar-refractivity contribution >= 4 is 23.5 Å². The van der Waals surface area contributed by atoms with Crippen molar-refractivity contribution in [1.29, 1.82) is 0 Å². The number of carboxylic acid groups (broad SMARTS) is 1. The number of aliphatic carboxylic acids is 1. The Labute approximate surface area is 163 Å². The lowest BCUT2D eigenvalue weighted by Gasteiger charge is -2.37. The van der Waals surface area contributed by atoms with Crippen LogP contribution in [0.1, 0.15) is 30.1 Å². The number of rotatable bonds is 6. The number of benzene rings is 1. The highest BCUT2D eigenvalue weighted by atomic mass is 35.5. The molecule has 0 unspecified atom stereocenters. The van der Waals surface area contributed by atoms with Crippen molar-refractivity contribution in [2.24, 2.45) is 0 Å². The second-order valence-corrected chi connectivity index (χ2v) is 7.07. The van der Waals surface area contributed by atoms with Gasteiger partial charge in [-0.2, -0.15) is 5.10 Å². The van der Waals surface area contributed by atoms with E-state index in [0.717, 1.165) is 18.5 Å². The van der Waals surface area contributed by atoms with E-state index in [1.165, 1.54) is 0 Å². The second kappa shape index (κ2) is 8.54. The van der Waals surface area contributed by atoms with Crippen molar-refractivity contribution in [3.8, 4) is 5.69 Å². The average molecular weight is 391 g/mol. The number of hydrogen-bond acceptors (Lipinski definition) is 4. The van der Waals surface area contributed by atoms with Gasteiger partial charge in [0.15, 0.2) is 0 Å². The summed E-state index contributed by atoms with van der Waals surface area (Å²) in [7, 11) is 0. The van der Waals surface area contributed by atoms with Crippen LogP contribution in [0.4, 0.5) is 0 Å². The summed E-state index contributed by atoms with van der Waals surface area (Å²) in [5.74, 6) is -0.869. The standard InChI is InChI=1S/C19H23ClN4O3/c1-2-22(13-18(25)26)16-6-8-23(9-7-16)19(27)14-11-21-24(12-14)17-5-3-4-15(20)10-17/h3-5,10-12,16H,2,6-9,13H2,1H3,(H,25,26). The van der Waals surface area contributed by atoms with Crippen LogP contribution in [0.25, 0.3) is 5.69 Å². The summed E-state index contributed by atoms with van der Waals surface area (Å²) in [6.45, 7) is 3.92. The maximum Gasteiger partial charge on any atom is 0.317 e. The first kappa shape index (κ1) is 19.4. The Balaban J connectivity index is 1.62. The summed E-state index contributed by atoms with van der Waals surface area (Å²) >= 11 is 6.01. The van der Waals surface area contributed by atoms with E-state index >= 15 is 0 Å². The normalized spacial score (nSPS) is 15.3. The van der Waals surface area contributed by atoms with Gasteiger partial charge in [-0.15, -0.1) is 0 Å². The fourth-order valence-electron chi connectivity index (χ4n) is 3.48. The molecule has 1 aromatic heterocycles. The molecule has 1 aliphatic rings. The highest BCUT2D eigenvalue weighted by molar-refractivity contribution is 6.30. The summed E-state index contributed by atoms with van der Waals surface area (Å²) in [6, 6.07) is 7.48. The summed E-state index contributed by atoms with van der Waals surface area (Å²) in [5.41, 5.74) is 1.33. The molecule has 2 aromatic rings. The molecule has 1 amide bonds. The smallest absolute Gasteiger partial charge is 0.317 e. The zero-order valence-electron chi connectivity index (χ0n) is 15.2. The number of likely N-dealkylation sites (tertiary alicyclic amines) is 1. The first-order valence-corrected chi connectivity index (χ1v) is 9.41. The molecule has 0 saturated carbocycles. The highest BCUT2D eigenvalue weighted by Gasteiger charge is 2.28. The van der Waals surface area contributed by atoms with Crippen LogP contribution in [0.3, 0.4) is 0 Å². The number of halogens is 1. The molecule has 1 aromatic carbocycles. The summed E-state index contributed by atoms with van der Waals surface area (Å²) < 4.78 is 1.64. The maximum absolute atomic E-state index is 12.8.